The predicted molar refractivity (Wildman–Crippen MR) is 76.6 cm³/mol. The second kappa shape index (κ2) is 5.09. The molecule has 1 fully saturated rings. The molecule has 0 bridgehead atoms. The van der Waals surface area contributed by atoms with Gasteiger partial charge in [0, 0.05) is 24.2 Å². The number of aromatic amines is 1. The molecule has 0 amide bonds. The van der Waals surface area contributed by atoms with E-state index in [0.29, 0.717) is 17.0 Å². The number of nitrogens with two attached hydrogens (primary N) is 1. The lowest BCUT2D eigenvalue weighted by Gasteiger charge is -2.29. The third-order valence-corrected chi connectivity index (χ3v) is 3.82. The highest BCUT2D eigenvalue weighted by Gasteiger charge is 2.22. The standard InChI is InChI=1S/C13H17N5O2/c14-9-3-1-2-4-10(9)15-13-16-11-6-5-8(18(19)20)7-12(11)17-13/h5-7,9-10H,1-4,14H2,(H2,15,16,17). The summed E-state index contributed by atoms with van der Waals surface area (Å²) in [5, 5.41) is 14.1. The number of nitrogens with one attached hydrogen (secondary N) is 2. The Labute approximate surface area is 115 Å². The maximum atomic E-state index is 10.8. The van der Waals surface area contributed by atoms with E-state index in [2.05, 4.69) is 15.3 Å². The lowest BCUT2D eigenvalue weighted by molar-refractivity contribution is -0.384. The summed E-state index contributed by atoms with van der Waals surface area (Å²) < 4.78 is 0. The number of imidazole rings is 1. The maximum Gasteiger partial charge on any atom is 0.271 e. The van der Waals surface area contributed by atoms with Gasteiger partial charge in [0.25, 0.3) is 5.69 Å². The highest BCUT2D eigenvalue weighted by atomic mass is 16.6. The maximum absolute atomic E-state index is 10.8. The average Bonchev–Trinajstić information content (AvgIpc) is 2.82. The van der Waals surface area contributed by atoms with Crippen LogP contribution in [0.1, 0.15) is 25.7 Å². The van der Waals surface area contributed by atoms with Gasteiger partial charge in [-0.25, -0.2) is 4.98 Å². The van der Waals surface area contributed by atoms with Crippen molar-refractivity contribution in [2.75, 3.05) is 5.32 Å². The first-order chi connectivity index (χ1) is 9.63. The van der Waals surface area contributed by atoms with E-state index < -0.39 is 4.92 Å². The molecule has 2 atom stereocenters. The van der Waals surface area contributed by atoms with Crippen molar-refractivity contribution < 1.29 is 4.92 Å². The van der Waals surface area contributed by atoms with E-state index in [1.165, 1.54) is 18.6 Å². The smallest absolute Gasteiger partial charge is 0.271 e. The summed E-state index contributed by atoms with van der Waals surface area (Å²) in [7, 11) is 0. The molecule has 7 nitrogen and oxygen atoms in total. The minimum Gasteiger partial charge on any atom is -0.352 e. The number of H-pyrrole nitrogens is 1. The van der Waals surface area contributed by atoms with Crippen molar-refractivity contribution >= 4 is 22.7 Å². The minimum atomic E-state index is -0.412. The Kier molecular flexibility index (Phi) is 3.27. The van der Waals surface area contributed by atoms with E-state index in [9.17, 15) is 10.1 Å². The molecule has 7 heteroatoms. The lowest BCUT2D eigenvalue weighted by atomic mass is 9.91. The van der Waals surface area contributed by atoms with Gasteiger partial charge in [0.2, 0.25) is 5.95 Å². The fourth-order valence-corrected chi connectivity index (χ4v) is 2.69. The van der Waals surface area contributed by atoms with Gasteiger partial charge in [-0.2, -0.15) is 0 Å². The fraction of sp³-hybridized carbons (Fsp3) is 0.462. The molecule has 106 valence electrons. The van der Waals surface area contributed by atoms with Crippen LogP contribution in [-0.4, -0.2) is 27.0 Å². The van der Waals surface area contributed by atoms with Crippen LogP contribution in [0.3, 0.4) is 0 Å². The number of nitrogens with zero attached hydrogens (tertiary/aromatic N) is 2. The van der Waals surface area contributed by atoms with Crippen molar-refractivity contribution in [1.82, 2.24) is 9.97 Å². The summed E-state index contributed by atoms with van der Waals surface area (Å²) in [6.45, 7) is 0. The molecule has 4 N–H and O–H groups in total. The molecule has 1 aliphatic carbocycles. The van der Waals surface area contributed by atoms with Crippen LogP contribution in [0.15, 0.2) is 18.2 Å². The zero-order valence-electron chi connectivity index (χ0n) is 11.0. The number of rotatable bonds is 3. The van der Waals surface area contributed by atoms with Gasteiger partial charge in [-0.15, -0.1) is 0 Å². The van der Waals surface area contributed by atoms with E-state index in [0.717, 1.165) is 19.3 Å². The van der Waals surface area contributed by atoms with Crippen LogP contribution in [0.5, 0.6) is 0 Å². The Morgan fingerprint density at radius 3 is 2.95 bits per heavy atom. The molecule has 1 aliphatic rings. The predicted octanol–water partition coefficient (Wildman–Crippen LogP) is 2.15. The number of nitro benzene ring substituents is 1. The molecule has 1 heterocycles. The zero-order valence-corrected chi connectivity index (χ0v) is 11.0. The van der Waals surface area contributed by atoms with Crippen molar-refractivity contribution in [3.63, 3.8) is 0 Å². The highest BCUT2D eigenvalue weighted by molar-refractivity contribution is 5.79. The van der Waals surface area contributed by atoms with Crippen molar-refractivity contribution in [2.24, 2.45) is 5.73 Å². The Morgan fingerprint density at radius 1 is 1.40 bits per heavy atom. The fourth-order valence-electron chi connectivity index (χ4n) is 2.69. The number of nitro groups is 1. The van der Waals surface area contributed by atoms with Crippen LogP contribution in [0, 0.1) is 10.1 Å². The van der Waals surface area contributed by atoms with Gasteiger partial charge in [0.05, 0.1) is 16.0 Å². The van der Waals surface area contributed by atoms with E-state index in [1.54, 1.807) is 6.07 Å². The number of benzene rings is 1. The average molecular weight is 275 g/mol. The second-order valence-electron chi connectivity index (χ2n) is 5.24. The van der Waals surface area contributed by atoms with Gasteiger partial charge in [0.1, 0.15) is 0 Å². The third-order valence-electron chi connectivity index (χ3n) is 3.82. The number of fused-ring (bicyclic) bond motifs is 1. The first-order valence-electron chi connectivity index (χ1n) is 6.80. The van der Waals surface area contributed by atoms with E-state index in [4.69, 9.17) is 5.73 Å². The summed E-state index contributed by atoms with van der Waals surface area (Å²) in [6, 6.07) is 4.94. The van der Waals surface area contributed by atoms with Crippen LogP contribution in [0.2, 0.25) is 0 Å². The van der Waals surface area contributed by atoms with Gasteiger partial charge >= 0.3 is 0 Å². The lowest BCUT2D eigenvalue weighted by Crippen LogP contribution is -2.42. The summed E-state index contributed by atoms with van der Waals surface area (Å²) in [5.74, 6) is 0.628. The summed E-state index contributed by atoms with van der Waals surface area (Å²) in [6.07, 6.45) is 4.38. The normalized spacial score (nSPS) is 22.9. The molecule has 3 rings (SSSR count). The van der Waals surface area contributed by atoms with Gasteiger partial charge in [-0.05, 0) is 18.9 Å². The van der Waals surface area contributed by atoms with E-state index >= 15 is 0 Å². The number of aromatic nitrogens is 2. The van der Waals surface area contributed by atoms with Crippen LogP contribution >= 0.6 is 0 Å². The molecule has 0 spiro atoms. The van der Waals surface area contributed by atoms with Gasteiger partial charge in [-0.1, -0.05) is 12.8 Å². The third kappa shape index (κ3) is 2.44. The molecule has 0 aliphatic heterocycles. The summed E-state index contributed by atoms with van der Waals surface area (Å²) in [4.78, 5) is 17.8. The topological polar surface area (TPSA) is 110 Å². The number of hydrogen-bond acceptors (Lipinski definition) is 5. The van der Waals surface area contributed by atoms with Crippen LogP contribution in [0.4, 0.5) is 11.6 Å². The van der Waals surface area contributed by atoms with Crippen LogP contribution in [0.25, 0.3) is 11.0 Å². The Morgan fingerprint density at radius 2 is 2.20 bits per heavy atom. The molecule has 2 aromatic rings. The molecule has 20 heavy (non-hydrogen) atoms. The van der Waals surface area contributed by atoms with Crippen molar-refractivity contribution in [1.29, 1.82) is 0 Å². The Bertz CT molecular complexity index is 639. The van der Waals surface area contributed by atoms with Crippen LogP contribution < -0.4 is 11.1 Å². The molecule has 0 radical (unpaired) electrons. The SMILES string of the molecule is NC1CCCCC1Nc1nc2ccc([N+](=O)[O-])cc2[nH]1. The number of anilines is 1. The molecule has 2 unspecified atom stereocenters. The largest absolute Gasteiger partial charge is 0.352 e. The van der Waals surface area contributed by atoms with Crippen molar-refractivity contribution in [3.8, 4) is 0 Å². The number of hydrogen-bond donors (Lipinski definition) is 3. The van der Waals surface area contributed by atoms with Gasteiger partial charge < -0.3 is 16.0 Å². The summed E-state index contributed by atoms with van der Waals surface area (Å²) in [5.41, 5.74) is 7.52. The number of non-ortho nitro benzene ring substituents is 1. The molecule has 1 aromatic carbocycles. The van der Waals surface area contributed by atoms with Crippen LogP contribution in [-0.2, 0) is 0 Å². The van der Waals surface area contributed by atoms with Gasteiger partial charge in [-0.3, -0.25) is 10.1 Å². The Balaban J connectivity index is 1.83. The molecule has 0 saturated heterocycles. The molecular weight excluding hydrogens is 258 g/mol. The molecule has 1 saturated carbocycles. The van der Waals surface area contributed by atoms with Crippen molar-refractivity contribution in [2.45, 2.75) is 37.8 Å². The Hall–Kier alpha value is -2.15. The van der Waals surface area contributed by atoms with Crippen molar-refractivity contribution in [3.05, 3.63) is 28.3 Å². The zero-order chi connectivity index (χ0) is 14.1. The minimum absolute atomic E-state index is 0.0575. The van der Waals surface area contributed by atoms with Gasteiger partial charge in [0.15, 0.2) is 0 Å². The monoisotopic (exact) mass is 275 g/mol. The molecule has 1 aromatic heterocycles. The quantitative estimate of drug-likeness (QED) is 0.587. The molecular formula is C13H17N5O2. The highest BCUT2D eigenvalue weighted by Crippen LogP contribution is 2.23. The first kappa shape index (κ1) is 12.9. The second-order valence-corrected chi connectivity index (χ2v) is 5.24. The first-order valence-corrected chi connectivity index (χ1v) is 6.80. The summed E-state index contributed by atoms with van der Waals surface area (Å²) >= 11 is 0. The van der Waals surface area contributed by atoms with E-state index in [1.807, 2.05) is 0 Å². The van der Waals surface area contributed by atoms with E-state index in [-0.39, 0.29) is 17.8 Å².